The van der Waals surface area contributed by atoms with Gasteiger partial charge in [0, 0.05) is 31.6 Å². The number of amides is 2. The zero-order valence-corrected chi connectivity index (χ0v) is 22.9. The van der Waals surface area contributed by atoms with E-state index in [1.165, 1.54) is 60.5 Å². The highest BCUT2D eigenvalue weighted by atomic mass is 35.5. The maximum Gasteiger partial charge on any atom is 0.243 e. The Hall–Kier alpha value is -3.27. The molecule has 0 aliphatic carbocycles. The molecule has 0 spiro atoms. The van der Waals surface area contributed by atoms with Crippen LogP contribution in [0.15, 0.2) is 83.8 Å². The van der Waals surface area contributed by atoms with Gasteiger partial charge in [-0.3, -0.25) is 9.59 Å². The smallest absolute Gasteiger partial charge is 0.243 e. The zero-order chi connectivity index (χ0) is 27.7. The Morgan fingerprint density at radius 3 is 2.18 bits per heavy atom. The number of nitrogens with zero attached hydrogens (tertiary/aromatic N) is 2. The third kappa shape index (κ3) is 7.86. The molecule has 0 fully saturated rings. The van der Waals surface area contributed by atoms with Gasteiger partial charge in [0.1, 0.15) is 11.9 Å². The Bertz CT molecular complexity index is 1320. The molecule has 0 aromatic heterocycles. The van der Waals surface area contributed by atoms with Crippen LogP contribution >= 0.6 is 11.6 Å². The van der Waals surface area contributed by atoms with Gasteiger partial charge in [0.2, 0.25) is 21.8 Å². The van der Waals surface area contributed by atoms with E-state index < -0.39 is 34.3 Å². The van der Waals surface area contributed by atoms with Crippen molar-refractivity contribution >= 4 is 33.4 Å². The van der Waals surface area contributed by atoms with Crippen molar-refractivity contribution in [3.63, 3.8) is 0 Å². The maximum atomic E-state index is 13.7. The molecule has 0 aliphatic rings. The average Bonchev–Trinajstić information content (AvgIpc) is 2.91. The van der Waals surface area contributed by atoms with Crippen LogP contribution in [0.4, 0.5) is 4.39 Å². The summed E-state index contributed by atoms with van der Waals surface area (Å²) in [5.74, 6) is -1.35. The molecular weight excluding hydrogens is 529 g/mol. The van der Waals surface area contributed by atoms with Gasteiger partial charge in [0.15, 0.2) is 0 Å². The van der Waals surface area contributed by atoms with Gasteiger partial charge in [0.05, 0.1) is 11.4 Å². The molecule has 1 atom stereocenters. The minimum absolute atomic E-state index is 0.00894. The monoisotopic (exact) mass is 559 g/mol. The number of hydrogen-bond acceptors (Lipinski definition) is 4. The van der Waals surface area contributed by atoms with E-state index in [9.17, 15) is 22.4 Å². The summed E-state index contributed by atoms with van der Waals surface area (Å²) in [6, 6.07) is 19.6. The average molecular weight is 560 g/mol. The van der Waals surface area contributed by atoms with E-state index in [1.807, 2.05) is 37.3 Å². The fourth-order valence-corrected chi connectivity index (χ4v) is 5.11. The number of carbonyl (C=O) groups excluding carboxylic acids is 2. The first-order chi connectivity index (χ1) is 18.1. The van der Waals surface area contributed by atoms with Crippen LogP contribution < -0.4 is 5.32 Å². The Kier molecular flexibility index (Phi) is 10.4. The summed E-state index contributed by atoms with van der Waals surface area (Å²) in [7, 11) is -2.70. The van der Waals surface area contributed by atoms with E-state index in [4.69, 9.17) is 11.6 Å². The van der Waals surface area contributed by atoms with E-state index >= 15 is 0 Å². The van der Waals surface area contributed by atoms with Crippen molar-refractivity contribution in [1.29, 1.82) is 0 Å². The molecule has 1 unspecified atom stereocenters. The Labute approximate surface area is 228 Å². The third-order valence-corrected chi connectivity index (χ3v) is 8.04. The molecule has 0 saturated heterocycles. The third-order valence-electron chi connectivity index (χ3n) is 5.97. The van der Waals surface area contributed by atoms with Crippen LogP contribution in [0.3, 0.4) is 0 Å². The van der Waals surface area contributed by atoms with E-state index in [0.717, 1.165) is 9.87 Å². The van der Waals surface area contributed by atoms with Crippen molar-refractivity contribution in [3.8, 4) is 0 Å². The van der Waals surface area contributed by atoms with Crippen LogP contribution in [-0.4, -0.2) is 55.6 Å². The lowest BCUT2D eigenvalue weighted by molar-refractivity contribution is -0.141. The lowest BCUT2D eigenvalue weighted by atomic mass is 10.0. The second-order valence-electron chi connectivity index (χ2n) is 8.86. The summed E-state index contributed by atoms with van der Waals surface area (Å²) < 4.78 is 40.8. The van der Waals surface area contributed by atoms with Crippen LogP contribution in [0.2, 0.25) is 5.02 Å². The first kappa shape index (κ1) is 29.3. The first-order valence-electron chi connectivity index (χ1n) is 12.2. The molecule has 10 heteroatoms. The normalized spacial score (nSPS) is 12.2. The van der Waals surface area contributed by atoms with Crippen molar-refractivity contribution in [2.24, 2.45) is 0 Å². The van der Waals surface area contributed by atoms with Gasteiger partial charge in [-0.2, -0.15) is 4.31 Å². The molecule has 2 amide bonds. The van der Waals surface area contributed by atoms with Gasteiger partial charge < -0.3 is 10.2 Å². The quantitative estimate of drug-likeness (QED) is 0.359. The number of nitrogens with one attached hydrogen (secondary N) is 1. The summed E-state index contributed by atoms with van der Waals surface area (Å²) >= 11 is 5.89. The SMILES string of the molecule is CCCNC(=O)C(Cc1ccccc1)N(Cc1ccc(F)cc1)C(=O)CN(C)S(=O)(=O)c1ccc(Cl)cc1. The molecule has 3 aromatic carbocycles. The Balaban J connectivity index is 1.95. The van der Waals surface area contributed by atoms with Crippen LogP contribution in [0, 0.1) is 5.82 Å². The summed E-state index contributed by atoms with van der Waals surface area (Å²) in [5, 5.41) is 3.24. The second-order valence-corrected chi connectivity index (χ2v) is 11.3. The van der Waals surface area contributed by atoms with Crippen molar-refractivity contribution in [2.75, 3.05) is 20.1 Å². The summed E-state index contributed by atoms with van der Waals surface area (Å²) in [5.41, 5.74) is 1.44. The van der Waals surface area contributed by atoms with E-state index in [2.05, 4.69) is 5.32 Å². The molecule has 202 valence electrons. The van der Waals surface area contributed by atoms with E-state index in [1.54, 1.807) is 0 Å². The fourth-order valence-electron chi connectivity index (χ4n) is 3.86. The number of sulfonamides is 1. The molecule has 7 nitrogen and oxygen atoms in total. The molecular formula is C28H31ClFN3O4S. The molecule has 38 heavy (non-hydrogen) atoms. The molecule has 0 radical (unpaired) electrons. The van der Waals surface area contributed by atoms with Gasteiger partial charge in [-0.05, 0) is 53.9 Å². The molecule has 0 heterocycles. The summed E-state index contributed by atoms with van der Waals surface area (Å²) in [4.78, 5) is 28.4. The topological polar surface area (TPSA) is 86.8 Å². The summed E-state index contributed by atoms with van der Waals surface area (Å²) in [6.07, 6.45) is 0.925. The van der Waals surface area contributed by atoms with Crippen LogP contribution in [0.25, 0.3) is 0 Å². The fraction of sp³-hybridized carbons (Fsp3) is 0.286. The van der Waals surface area contributed by atoms with Crippen molar-refractivity contribution in [3.05, 3.63) is 101 Å². The van der Waals surface area contributed by atoms with Gasteiger partial charge in [0.25, 0.3) is 0 Å². The first-order valence-corrected chi connectivity index (χ1v) is 14.0. The number of likely N-dealkylation sites (N-methyl/N-ethyl adjacent to an activating group) is 1. The molecule has 1 N–H and O–H groups in total. The lowest BCUT2D eigenvalue weighted by Crippen LogP contribution is -2.53. The molecule has 0 bridgehead atoms. The highest BCUT2D eigenvalue weighted by Gasteiger charge is 2.33. The molecule has 0 saturated carbocycles. The standard InChI is InChI=1S/C28H31ClFN3O4S/c1-3-17-31-28(35)26(18-21-7-5-4-6-8-21)33(19-22-9-13-24(30)14-10-22)27(34)20-32(2)38(36,37)25-15-11-23(29)12-16-25/h4-16,26H,3,17-20H2,1-2H3,(H,31,35). The van der Waals surface area contributed by atoms with Gasteiger partial charge in [-0.25, -0.2) is 12.8 Å². The Morgan fingerprint density at radius 2 is 1.58 bits per heavy atom. The number of halogens is 2. The van der Waals surface area contributed by atoms with E-state index in [0.29, 0.717) is 23.6 Å². The molecule has 3 rings (SSSR count). The Morgan fingerprint density at radius 1 is 0.947 bits per heavy atom. The highest BCUT2D eigenvalue weighted by molar-refractivity contribution is 7.89. The zero-order valence-electron chi connectivity index (χ0n) is 21.3. The predicted molar refractivity (Wildman–Crippen MR) is 145 cm³/mol. The van der Waals surface area contributed by atoms with Crippen molar-refractivity contribution < 1.29 is 22.4 Å². The van der Waals surface area contributed by atoms with Crippen LogP contribution in [-0.2, 0) is 32.6 Å². The van der Waals surface area contributed by atoms with Gasteiger partial charge >= 0.3 is 0 Å². The van der Waals surface area contributed by atoms with Crippen LogP contribution in [0.5, 0.6) is 0 Å². The van der Waals surface area contributed by atoms with Crippen molar-refractivity contribution in [1.82, 2.24) is 14.5 Å². The maximum absolute atomic E-state index is 13.7. The largest absolute Gasteiger partial charge is 0.354 e. The van der Waals surface area contributed by atoms with Crippen molar-refractivity contribution in [2.45, 2.75) is 37.2 Å². The van der Waals surface area contributed by atoms with E-state index in [-0.39, 0.29) is 23.8 Å². The number of rotatable bonds is 12. The second kappa shape index (κ2) is 13.5. The minimum atomic E-state index is -4.00. The summed E-state index contributed by atoms with van der Waals surface area (Å²) in [6.45, 7) is 1.83. The number of hydrogen-bond donors (Lipinski definition) is 1. The van der Waals surface area contributed by atoms with Gasteiger partial charge in [-0.15, -0.1) is 0 Å². The lowest BCUT2D eigenvalue weighted by Gasteiger charge is -2.32. The minimum Gasteiger partial charge on any atom is -0.354 e. The highest BCUT2D eigenvalue weighted by Crippen LogP contribution is 2.20. The number of carbonyl (C=O) groups is 2. The van der Waals surface area contributed by atoms with Crippen LogP contribution in [0.1, 0.15) is 24.5 Å². The number of benzene rings is 3. The predicted octanol–water partition coefficient (Wildman–Crippen LogP) is 4.27. The molecule has 0 aliphatic heterocycles. The van der Waals surface area contributed by atoms with Gasteiger partial charge in [-0.1, -0.05) is 61.0 Å². The molecule has 3 aromatic rings.